The van der Waals surface area contributed by atoms with E-state index in [0.717, 1.165) is 21.8 Å². The molecule has 1 heterocycles. The lowest BCUT2D eigenvalue weighted by Gasteiger charge is -2.36. The van der Waals surface area contributed by atoms with Crippen molar-refractivity contribution in [1.82, 2.24) is 4.31 Å². The van der Waals surface area contributed by atoms with E-state index in [4.69, 9.17) is 11.6 Å². The van der Waals surface area contributed by atoms with Gasteiger partial charge in [-0.1, -0.05) is 17.7 Å². The van der Waals surface area contributed by atoms with E-state index in [-0.39, 0.29) is 0 Å². The second-order valence-electron chi connectivity index (χ2n) is 5.06. The largest absolute Gasteiger partial charge is 0.367 e. The first-order valence-corrected chi connectivity index (χ1v) is 8.48. The van der Waals surface area contributed by atoms with Crippen LogP contribution in [-0.4, -0.2) is 45.2 Å². The van der Waals surface area contributed by atoms with Crippen LogP contribution in [0.5, 0.6) is 0 Å². The van der Waals surface area contributed by atoms with E-state index in [1.807, 2.05) is 19.9 Å². The van der Waals surface area contributed by atoms with E-state index in [9.17, 15) is 8.42 Å². The molecule has 6 heteroatoms. The number of rotatable bonds is 2. The molecule has 4 nitrogen and oxygen atoms in total. The van der Waals surface area contributed by atoms with E-state index in [1.54, 1.807) is 0 Å². The minimum absolute atomic E-state index is 0.516. The number of nitrogens with zero attached hydrogens (tertiary/aromatic N) is 2. The van der Waals surface area contributed by atoms with E-state index < -0.39 is 10.0 Å². The van der Waals surface area contributed by atoms with Gasteiger partial charge in [0.1, 0.15) is 0 Å². The monoisotopic (exact) mass is 302 g/mol. The molecule has 1 aromatic carbocycles. The van der Waals surface area contributed by atoms with Crippen molar-refractivity contribution in [2.75, 3.05) is 37.3 Å². The SMILES string of the molecule is Cc1cc(C)c(N2CCN(S(C)(=O)=O)CC2)c(Cl)c1. The van der Waals surface area contributed by atoms with Crippen molar-refractivity contribution in [3.63, 3.8) is 0 Å². The summed E-state index contributed by atoms with van der Waals surface area (Å²) in [4.78, 5) is 2.17. The van der Waals surface area contributed by atoms with Crippen molar-refractivity contribution in [2.24, 2.45) is 0 Å². The molecule has 2 rings (SSSR count). The molecule has 0 unspecified atom stereocenters. The Labute approximate surface area is 120 Å². The van der Waals surface area contributed by atoms with Gasteiger partial charge in [0.25, 0.3) is 0 Å². The molecule has 0 amide bonds. The molecule has 19 heavy (non-hydrogen) atoms. The van der Waals surface area contributed by atoms with Crippen LogP contribution in [0.3, 0.4) is 0 Å². The van der Waals surface area contributed by atoms with Gasteiger partial charge in [0.05, 0.1) is 17.0 Å². The molecule has 0 atom stereocenters. The van der Waals surface area contributed by atoms with Gasteiger partial charge < -0.3 is 4.90 Å². The first-order chi connectivity index (χ1) is 8.79. The van der Waals surface area contributed by atoms with Crippen LogP contribution in [0.4, 0.5) is 5.69 Å². The molecule has 0 saturated carbocycles. The molecule has 1 fully saturated rings. The highest BCUT2D eigenvalue weighted by molar-refractivity contribution is 7.88. The number of hydrogen-bond donors (Lipinski definition) is 0. The summed E-state index contributed by atoms with van der Waals surface area (Å²) in [5.74, 6) is 0. The number of hydrogen-bond acceptors (Lipinski definition) is 3. The first kappa shape index (κ1) is 14.6. The van der Waals surface area contributed by atoms with E-state index in [0.29, 0.717) is 26.2 Å². The third-order valence-electron chi connectivity index (χ3n) is 3.42. The summed E-state index contributed by atoms with van der Waals surface area (Å²) in [5.41, 5.74) is 3.30. The maximum Gasteiger partial charge on any atom is 0.211 e. The van der Waals surface area contributed by atoms with Crippen LogP contribution in [0.1, 0.15) is 11.1 Å². The van der Waals surface area contributed by atoms with Crippen LogP contribution in [0.25, 0.3) is 0 Å². The van der Waals surface area contributed by atoms with Gasteiger partial charge in [0.15, 0.2) is 0 Å². The van der Waals surface area contributed by atoms with Crippen molar-refractivity contribution in [1.29, 1.82) is 0 Å². The number of sulfonamides is 1. The summed E-state index contributed by atoms with van der Waals surface area (Å²) >= 11 is 6.32. The van der Waals surface area contributed by atoms with Crippen molar-refractivity contribution in [3.8, 4) is 0 Å². The maximum atomic E-state index is 11.5. The molecule has 0 aromatic heterocycles. The van der Waals surface area contributed by atoms with Gasteiger partial charge in [0.2, 0.25) is 10.0 Å². The molecule has 0 aliphatic carbocycles. The summed E-state index contributed by atoms with van der Waals surface area (Å²) in [6, 6.07) is 4.05. The van der Waals surface area contributed by atoms with Crippen molar-refractivity contribution in [2.45, 2.75) is 13.8 Å². The topological polar surface area (TPSA) is 40.6 Å². The van der Waals surface area contributed by atoms with Gasteiger partial charge in [-0.3, -0.25) is 0 Å². The number of benzene rings is 1. The summed E-state index contributed by atoms with van der Waals surface area (Å²) in [7, 11) is -3.08. The van der Waals surface area contributed by atoms with Crippen molar-refractivity contribution < 1.29 is 8.42 Å². The predicted molar refractivity (Wildman–Crippen MR) is 79.6 cm³/mol. The zero-order chi connectivity index (χ0) is 14.2. The molecule has 1 aliphatic rings. The number of piperazine rings is 1. The minimum Gasteiger partial charge on any atom is -0.367 e. The fourth-order valence-corrected chi connectivity index (χ4v) is 3.82. The highest BCUT2D eigenvalue weighted by atomic mass is 35.5. The van der Waals surface area contributed by atoms with E-state index in [2.05, 4.69) is 11.0 Å². The van der Waals surface area contributed by atoms with E-state index >= 15 is 0 Å². The Bertz CT molecular complexity index is 555. The third-order valence-corrected chi connectivity index (χ3v) is 5.01. The molecule has 106 valence electrons. The summed E-state index contributed by atoms with van der Waals surface area (Å²) in [5, 5.41) is 0.741. The normalized spacial score (nSPS) is 17.8. The molecule has 1 saturated heterocycles. The van der Waals surface area contributed by atoms with Gasteiger partial charge in [-0.15, -0.1) is 0 Å². The molecule has 0 radical (unpaired) electrons. The van der Waals surface area contributed by atoms with Gasteiger partial charge in [-0.2, -0.15) is 4.31 Å². The fourth-order valence-electron chi connectivity index (χ4n) is 2.55. The van der Waals surface area contributed by atoms with Gasteiger partial charge in [-0.05, 0) is 31.0 Å². The van der Waals surface area contributed by atoms with Gasteiger partial charge in [0, 0.05) is 26.2 Å². The first-order valence-electron chi connectivity index (χ1n) is 6.26. The molecule has 0 spiro atoms. The van der Waals surface area contributed by atoms with Crippen molar-refractivity contribution >= 4 is 27.3 Å². The standard InChI is InChI=1S/C13H19ClN2O2S/c1-10-8-11(2)13(12(14)9-10)15-4-6-16(7-5-15)19(3,17)18/h8-9H,4-7H2,1-3H3. The highest BCUT2D eigenvalue weighted by Crippen LogP contribution is 2.31. The lowest BCUT2D eigenvalue weighted by Crippen LogP contribution is -2.48. The summed E-state index contributed by atoms with van der Waals surface area (Å²) < 4.78 is 24.5. The summed E-state index contributed by atoms with van der Waals surface area (Å²) in [6.45, 7) is 6.44. The molecular weight excluding hydrogens is 284 g/mol. The van der Waals surface area contributed by atoms with Crippen LogP contribution in [0.2, 0.25) is 5.02 Å². The smallest absolute Gasteiger partial charge is 0.211 e. The zero-order valence-electron chi connectivity index (χ0n) is 11.5. The molecule has 0 bridgehead atoms. The second-order valence-corrected chi connectivity index (χ2v) is 7.45. The third kappa shape index (κ3) is 3.22. The lowest BCUT2D eigenvalue weighted by atomic mass is 10.1. The lowest BCUT2D eigenvalue weighted by molar-refractivity contribution is 0.388. The number of anilines is 1. The van der Waals surface area contributed by atoms with Crippen molar-refractivity contribution in [3.05, 3.63) is 28.3 Å². The van der Waals surface area contributed by atoms with Crippen LogP contribution >= 0.6 is 11.6 Å². The van der Waals surface area contributed by atoms with Crippen LogP contribution in [-0.2, 0) is 10.0 Å². The Morgan fingerprint density at radius 1 is 1.11 bits per heavy atom. The minimum atomic E-state index is -3.08. The van der Waals surface area contributed by atoms with Gasteiger partial charge in [-0.25, -0.2) is 8.42 Å². The average Bonchev–Trinajstić information content (AvgIpc) is 2.27. The van der Waals surface area contributed by atoms with Crippen LogP contribution in [0.15, 0.2) is 12.1 Å². The van der Waals surface area contributed by atoms with Gasteiger partial charge >= 0.3 is 0 Å². The number of aryl methyl sites for hydroxylation is 2. The van der Waals surface area contributed by atoms with Crippen LogP contribution < -0.4 is 4.90 Å². The predicted octanol–water partition coefficient (Wildman–Crippen LogP) is 2.04. The average molecular weight is 303 g/mol. The summed E-state index contributed by atoms with van der Waals surface area (Å²) in [6.07, 6.45) is 1.26. The Kier molecular flexibility index (Phi) is 4.08. The molecule has 1 aliphatic heterocycles. The number of halogens is 1. The Hall–Kier alpha value is -0.780. The Morgan fingerprint density at radius 3 is 2.16 bits per heavy atom. The fraction of sp³-hybridized carbons (Fsp3) is 0.538. The molecular formula is C13H19ClN2O2S. The highest BCUT2D eigenvalue weighted by Gasteiger charge is 2.25. The zero-order valence-corrected chi connectivity index (χ0v) is 13.1. The maximum absolute atomic E-state index is 11.5. The molecule has 1 aromatic rings. The quantitative estimate of drug-likeness (QED) is 0.839. The van der Waals surface area contributed by atoms with E-state index in [1.165, 1.54) is 10.6 Å². The second kappa shape index (κ2) is 5.31. The van der Waals surface area contributed by atoms with Crippen LogP contribution in [0, 0.1) is 13.8 Å². The Balaban J connectivity index is 2.19. The molecule has 0 N–H and O–H groups in total. The Morgan fingerprint density at radius 2 is 1.68 bits per heavy atom.